The van der Waals surface area contributed by atoms with Gasteiger partial charge in [0, 0.05) is 18.8 Å². The molecule has 0 fully saturated rings. The summed E-state index contributed by atoms with van der Waals surface area (Å²) >= 11 is 0. The molecule has 1 rings (SSSR count). The zero-order chi connectivity index (χ0) is 7.40. The number of hydrogen-bond acceptors (Lipinski definition) is 2. The summed E-state index contributed by atoms with van der Waals surface area (Å²) < 4.78 is 0. The van der Waals surface area contributed by atoms with E-state index in [0.717, 1.165) is 0 Å². The van der Waals surface area contributed by atoms with E-state index in [0.29, 0.717) is 6.42 Å². The monoisotopic (exact) mass is 136 g/mol. The van der Waals surface area contributed by atoms with Gasteiger partial charge in [0.1, 0.15) is 6.04 Å². The fourth-order valence-corrected chi connectivity index (χ4v) is 0.734. The van der Waals surface area contributed by atoms with E-state index in [1.165, 1.54) is 0 Å². The third-order valence-electron chi connectivity index (χ3n) is 1.24. The van der Waals surface area contributed by atoms with Crippen molar-refractivity contribution >= 4 is 5.91 Å². The van der Waals surface area contributed by atoms with Crippen LogP contribution in [0, 0.1) is 12.3 Å². The molecule has 3 heteroatoms. The molecule has 3 nitrogen and oxygen atoms in total. The van der Waals surface area contributed by atoms with Crippen LogP contribution in [0.2, 0.25) is 0 Å². The molecule has 1 heterocycles. The van der Waals surface area contributed by atoms with Crippen LogP contribution < -0.4 is 10.6 Å². The molecule has 1 unspecified atom stereocenters. The van der Waals surface area contributed by atoms with Crippen LogP contribution in [-0.4, -0.2) is 11.9 Å². The minimum Gasteiger partial charge on any atom is -0.378 e. The van der Waals surface area contributed by atoms with Crippen LogP contribution in [0.25, 0.3) is 0 Å². The molecule has 1 atom stereocenters. The Bertz CT molecular complexity index is 202. The van der Waals surface area contributed by atoms with Crippen LogP contribution >= 0.6 is 0 Å². The molecule has 1 aliphatic rings. The van der Waals surface area contributed by atoms with E-state index in [9.17, 15) is 4.79 Å². The van der Waals surface area contributed by atoms with Gasteiger partial charge in [0.05, 0.1) is 0 Å². The Kier molecular flexibility index (Phi) is 1.96. The maximum Gasteiger partial charge on any atom is 0.247 e. The van der Waals surface area contributed by atoms with Crippen molar-refractivity contribution in [2.45, 2.75) is 12.5 Å². The van der Waals surface area contributed by atoms with E-state index >= 15 is 0 Å². The number of carbonyl (C=O) groups excluding carboxylic acids is 1. The Balaban J connectivity index is 2.53. The topological polar surface area (TPSA) is 41.1 Å². The summed E-state index contributed by atoms with van der Waals surface area (Å²) in [6.45, 7) is 0. The van der Waals surface area contributed by atoms with Crippen molar-refractivity contribution in [3.8, 4) is 12.3 Å². The second-order valence-electron chi connectivity index (χ2n) is 1.97. The van der Waals surface area contributed by atoms with Gasteiger partial charge in [0.25, 0.3) is 0 Å². The Morgan fingerprint density at radius 3 is 3.10 bits per heavy atom. The third kappa shape index (κ3) is 1.29. The standard InChI is InChI=1S/C7H8N2O/c1-2-3-6-7(10)9-5-4-8-6/h1,4-6,8H,3H2,(H,9,10). The fourth-order valence-electron chi connectivity index (χ4n) is 0.734. The molecule has 1 aliphatic heterocycles. The van der Waals surface area contributed by atoms with Gasteiger partial charge >= 0.3 is 0 Å². The molecular weight excluding hydrogens is 128 g/mol. The zero-order valence-electron chi connectivity index (χ0n) is 5.42. The molecule has 1 amide bonds. The zero-order valence-corrected chi connectivity index (χ0v) is 5.42. The van der Waals surface area contributed by atoms with E-state index in [-0.39, 0.29) is 11.9 Å². The van der Waals surface area contributed by atoms with Crippen molar-refractivity contribution in [1.29, 1.82) is 0 Å². The van der Waals surface area contributed by atoms with E-state index in [4.69, 9.17) is 6.42 Å². The van der Waals surface area contributed by atoms with Gasteiger partial charge in [-0.3, -0.25) is 4.79 Å². The molecule has 2 N–H and O–H groups in total. The van der Waals surface area contributed by atoms with Gasteiger partial charge in [-0.25, -0.2) is 0 Å². The van der Waals surface area contributed by atoms with Crippen LogP contribution in [-0.2, 0) is 4.79 Å². The number of rotatable bonds is 1. The lowest BCUT2D eigenvalue weighted by Gasteiger charge is -2.16. The third-order valence-corrected chi connectivity index (χ3v) is 1.24. The van der Waals surface area contributed by atoms with Crippen LogP contribution in [0.3, 0.4) is 0 Å². The van der Waals surface area contributed by atoms with E-state index in [2.05, 4.69) is 16.6 Å². The Morgan fingerprint density at radius 1 is 1.70 bits per heavy atom. The average molecular weight is 136 g/mol. The van der Waals surface area contributed by atoms with Gasteiger partial charge in [0.2, 0.25) is 5.91 Å². The molecule has 0 aliphatic carbocycles. The van der Waals surface area contributed by atoms with Crippen molar-refractivity contribution in [3.63, 3.8) is 0 Å². The molecule has 0 spiro atoms. The lowest BCUT2D eigenvalue weighted by molar-refractivity contribution is -0.122. The average Bonchev–Trinajstić information content (AvgIpc) is 1.94. The highest BCUT2D eigenvalue weighted by molar-refractivity contribution is 5.83. The lowest BCUT2D eigenvalue weighted by atomic mass is 10.2. The maximum absolute atomic E-state index is 10.9. The molecule has 0 aromatic rings. The molecule has 0 aromatic heterocycles. The van der Waals surface area contributed by atoms with Crippen LogP contribution in [0.4, 0.5) is 0 Å². The summed E-state index contributed by atoms with van der Waals surface area (Å²) in [4.78, 5) is 10.9. The van der Waals surface area contributed by atoms with Crippen molar-refractivity contribution in [1.82, 2.24) is 10.6 Å². The Hall–Kier alpha value is -1.43. The van der Waals surface area contributed by atoms with E-state index in [1.807, 2.05) is 0 Å². The van der Waals surface area contributed by atoms with E-state index in [1.54, 1.807) is 12.4 Å². The van der Waals surface area contributed by atoms with Gasteiger partial charge in [0.15, 0.2) is 0 Å². The van der Waals surface area contributed by atoms with Crippen LogP contribution in [0.1, 0.15) is 6.42 Å². The first-order valence-electron chi connectivity index (χ1n) is 2.99. The predicted molar refractivity (Wildman–Crippen MR) is 37.7 cm³/mol. The number of terminal acetylenes is 1. The highest BCUT2D eigenvalue weighted by Gasteiger charge is 2.16. The van der Waals surface area contributed by atoms with Crippen molar-refractivity contribution < 1.29 is 4.79 Å². The summed E-state index contributed by atoms with van der Waals surface area (Å²) in [5, 5.41) is 5.37. The second-order valence-corrected chi connectivity index (χ2v) is 1.97. The highest BCUT2D eigenvalue weighted by Crippen LogP contribution is 1.93. The molecule has 0 saturated heterocycles. The van der Waals surface area contributed by atoms with Crippen molar-refractivity contribution in [2.24, 2.45) is 0 Å². The maximum atomic E-state index is 10.9. The lowest BCUT2D eigenvalue weighted by Crippen LogP contribution is -2.43. The summed E-state index contributed by atoms with van der Waals surface area (Å²) in [5.74, 6) is 2.34. The van der Waals surface area contributed by atoms with E-state index < -0.39 is 0 Å². The molecule has 52 valence electrons. The van der Waals surface area contributed by atoms with Crippen molar-refractivity contribution in [3.05, 3.63) is 12.4 Å². The second kappa shape index (κ2) is 2.92. The largest absolute Gasteiger partial charge is 0.378 e. The molecule has 0 radical (unpaired) electrons. The van der Waals surface area contributed by atoms with Gasteiger partial charge in [-0.1, -0.05) is 0 Å². The Morgan fingerprint density at radius 2 is 2.50 bits per heavy atom. The summed E-state index contributed by atoms with van der Waals surface area (Å²) in [6.07, 6.45) is 8.68. The van der Waals surface area contributed by atoms with Gasteiger partial charge in [-0.15, -0.1) is 12.3 Å². The number of nitrogens with one attached hydrogen (secondary N) is 2. The molecule has 0 bridgehead atoms. The van der Waals surface area contributed by atoms with Crippen LogP contribution in [0.15, 0.2) is 12.4 Å². The van der Waals surface area contributed by atoms with Crippen LogP contribution in [0.5, 0.6) is 0 Å². The highest BCUT2D eigenvalue weighted by atomic mass is 16.2. The molecule has 0 aromatic carbocycles. The van der Waals surface area contributed by atoms with Crippen molar-refractivity contribution in [2.75, 3.05) is 0 Å². The molecular formula is C7H8N2O. The summed E-state index contributed by atoms with van der Waals surface area (Å²) in [5.41, 5.74) is 0. The number of hydrogen-bond donors (Lipinski definition) is 2. The minimum absolute atomic E-state index is 0.0690. The fraction of sp³-hybridized carbons (Fsp3) is 0.286. The first-order valence-corrected chi connectivity index (χ1v) is 2.99. The minimum atomic E-state index is -0.255. The number of carbonyl (C=O) groups is 1. The molecule has 0 saturated carbocycles. The molecule has 10 heavy (non-hydrogen) atoms. The SMILES string of the molecule is C#CCC1NC=CNC1=O. The first-order chi connectivity index (χ1) is 4.84. The summed E-state index contributed by atoms with van der Waals surface area (Å²) in [6, 6.07) is -0.255. The quantitative estimate of drug-likeness (QED) is 0.480. The van der Waals surface area contributed by atoms with Gasteiger partial charge in [-0.2, -0.15) is 0 Å². The first kappa shape index (κ1) is 6.69. The summed E-state index contributed by atoms with van der Waals surface area (Å²) in [7, 11) is 0. The van der Waals surface area contributed by atoms with Gasteiger partial charge in [-0.05, 0) is 0 Å². The predicted octanol–water partition coefficient (Wildman–Crippen LogP) is -0.431. The normalized spacial score (nSPS) is 22.7. The van der Waals surface area contributed by atoms with Gasteiger partial charge < -0.3 is 10.6 Å². The smallest absolute Gasteiger partial charge is 0.247 e. The Labute approximate surface area is 59.5 Å². The number of amides is 1.